The van der Waals surface area contributed by atoms with Crippen LogP contribution in [0.5, 0.6) is 0 Å². The first-order chi connectivity index (χ1) is 10.6. The quantitative estimate of drug-likeness (QED) is 0.764. The summed E-state index contributed by atoms with van der Waals surface area (Å²) in [5.74, 6) is -0.0265. The first-order valence-electron chi connectivity index (χ1n) is 6.74. The van der Waals surface area contributed by atoms with Gasteiger partial charge in [0.2, 0.25) is 0 Å². The van der Waals surface area contributed by atoms with E-state index < -0.39 is 18.0 Å². The molecule has 1 aromatic heterocycles. The number of halogens is 2. The molecule has 0 aliphatic carbocycles. The van der Waals surface area contributed by atoms with Crippen LogP contribution in [0.15, 0.2) is 41.0 Å². The van der Waals surface area contributed by atoms with Crippen LogP contribution in [-0.4, -0.2) is 24.2 Å². The van der Waals surface area contributed by atoms with Gasteiger partial charge in [0.05, 0.1) is 12.8 Å². The number of hydrogen-bond donors (Lipinski definition) is 3. The molecule has 7 heteroatoms. The highest BCUT2D eigenvalue weighted by atomic mass is 35.5. The van der Waals surface area contributed by atoms with Gasteiger partial charge in [0.25, 0.3) is 0 Å². The second-order valence-corrected chi connectivity index (χ2v) is 5.03. The summed E-state index contributed by atoms with van der Waals surface area (Å²) in [6.45, 7) is 0.239. The minimum Gasteiger partial charge on any atom is -0.467 e. The lowest BCUT2D eigenvalue weighted by Crippen LogP contribution is -2.38. The van der Waals surface area contributed by atoms with E-state index in [0.29, 0.717) is 16.3 Å². The van der Waals surface area contributed by atoms with Crippen LogP contribution < -0.4 is 10.6 Å². The van der Waals surface area contributed by atoms with Gasteiger partial charge in [-0.2, -0.15) is 0 Å². The molecule has 2 aromatic rings. The Bertz CT molecular complexity index is 599. The van der Waals surface area contributed by atoms with Gasteiger partial charge in [0, 0.05) is 17.1 Å². The number of urea groups is 1. The molecule has 118 valence electrons. The molecule has 0 radical (unpaired) electrons. The summed E-state index contributed by atoms with van der Waals surface area (Å²) in [4.78, 5) is 11.6. The summed E-state index contributed by atoms with van der Waals surface area (Å²) in [5.41, 5.74) is 0.361. The smallest absolute Gasteiger partial charge is 0.314 e. The Hall–Kier alpha value is -2.05. The van der Waals surface area contributed by atoms with Gasteiger partial charge >= 0.3 is 6.03 Å². The van der Waals surface area contributed by atoms with Gasteiger partial charge in [-0.25, -0.2) is 9.18 Å². The maximum atomic E-state index is 13.5. The Morgan fingerprint density at radius 1 is 1.32 bits per heavy atom. The first kappa shape index (κ1) is 16.3. The Morgan fingerprint density at radius 2 is 2.14 bits per heavy atom. The summed E-state index contributed by atoms with van der Waals surface area (Å²) < 4.78 is 18.5. The Labute approximate surface area is 132 Å². The van der Waals surface area contributed by atoms with E-state index in [0.717, 1.165) is 0 Å². The number of rotatable bonds is 6. The third-order valence-electron chi connectivity index (χ3n) is 3.05. The molecule has 1 atom stereocenters. The molecule has 2 rings (SSSR count). The minimum absolute atomic E-state index is 0.0137. The molecule has 1 heterocycles. The summed E-state index contributed by atoms with van der Waals surface area (Å²) in [7, 11) is 0. The van der Waals surface area contributed by atoms with E-state index in [1.807, 2.05) is 0 Å². The van der Waals surface area contributed by atoms with Gasteiger partial charge in [-0.3, -0.25) is 0 Å². The van der Waals surface area contributed by atoms with Crippen LogP contribution in [0.4, 0.5) is 9.18 Å². The zero-order valence-electron chi connectivity index (χ0n) is 11.7. The number of aliphatic hydroxyl groups excluding tert-OH is 1. The Kier molecular flexibility index (Phi) is 5.80. The van der Waals surface area contributed by atoms with Crippen LogP contribution in [0, 0.1) is 5.82 Å². The highest BCUT2D eigenvalue weighted by Crippen LogP contribution is 2.18. The summed E-state index contributed by atoms with van der Waals surface area (Å²) in [6.07, 6.45) is 0.804. The van der Waals surface area contributed by atoms with Crippen molar-refractivity contribution >= 4 is 17.6 Å². The monoisotopic (exact) mass is 326 g/mol. The van der Waals surface area contributed by atoms with Gasteiger partial charge in [0.15, 0.2) is 0 Å². The van der Waals surface area contributed by atoms with Crippen molar-refractivity contribution in [2.45, 2.75) is 12.5 Å². The van der Waals surface area contributed by atoms with Crippen LogP contribution in [0.3, 0.4) is 0 Å². The lowest BCUT2D eigenvalue weighted by molar-refractivity contribution is 0.148. The molecular weight excluding hydrogens is 311 g/mol. The van der Waals surface area contributed by atoms with E-state index in [4.69, 9.17) is 16.0 Å². The zero-order chi connectivity index (χ0) is 15.9. The second kappa shape index (κ2) is 7.82. The molecule has 0 fully saturated rings. The van der Waals surface area contributed by atoms with E-state index in [9.17, 15) is 14.3 Å². The van der Waals surface area contributed by atoms with Crippen LogP contribution >= 0.6 is 11.6 Å². The average molecular weight is 327 g/mol. The fourth-order valence-electron chi connectivity index (χ4n) is 1.91. The molecule has 0 saturated heterocycles. The molecule has 22 heavy (non-hydrogen) atoms. The molecule has 2 amide bonds. The molecule has 0 aliphatic heterocycles. The standard InChI is InChI=1S/C15H16ClFN2O3/c16-11-3-1-4-12(17)10(11)6-7-18-15(21)19-9-13(20)14-5-2-8-22-14/h1-5,8,13,20H,6-7,9H2,(H2,18,19,21). The summed E-state index contributed by atoms with van der Waals surface area (Å²) >= 11 is 5.89. The van der Waals surface area contributed by atoms with Crippen molar-refractivity contribution < 1.29 is 18.7 Å². The highest BCUT2D eigenvalue weighted by Gasteiger charge is 2.12. The maximum Gasteiger partial charge on any atom is 0.314 e. The van der Waals surface area contributed by atoms with Crippen LogP contribution in [0.25, 0.3) is 0 Å². The highest BCUT2D eigenvalue weighted by molar-refractivity contribution is 6.31. The third kappa shape index (κ3) is 4.47. The number of furan rings is 1. The molecule has 3 N–H and O–H groups in total. The topological polar surface area (TPSA) is 74.5 Å². The van der Waals surface area contributed by atoms with Crippen molar-refractivity contribution in [2.75, 3.05) is 13.1 Å². The molecule has 0 saturated carbocycles. The predicted molar refractivity (Wildman–Crippen MR) is 80.2 cm³/mol. The number of amides is 2. The van der Waals surface area contributed by atoms with Gasteiger partial charge in [-0.1, -0.05) is 17.7 Å². The summed E-state index contributed by atoms with van der Waals surface area (Å²) in [5, 5.41) is 15.1. The van der Waals surface area contributed by atoms with E-state index in [1.54, 1.807) is 18.2 Å². The van der Waals surface area contributed by atoms with Crippen LogP contribution in [0.2, 0.25) is 5.02 Å². The Morgan fingerprint density at radius 3 is 2.82 bits per heavy atom. The molecule has 0 spiro atoms. The lowest BCUT2D eigenvalue weighted by Gasteiger charge is -2.11. The fourth-order valence-corrected chi connectivity index (χ4v) is 2.16. The van der Waals surface area contributed by atoms with E-state index >= 15 is 0 Å². The van der Waals surface area contributed by atoms with Gasteiger partial charge < -0.3 is 20.2 Å². The number of hydrogen-bond acceptors (Lipinski definition) is 3. The molecule has 5 nitrogen and oxygen atoms in total. The van der Waals surface area contributed by atoms with E-state index in [2.05, 4.69) is 10.6 Å². The average Bonchev–Trinajstić information content (AvgIpc) is 3.02. The first-order valence-corrected chi connectivity index (χ1v) is 7.12. The lowest BCUT2D eigenvalue weighted by atomic mass is 10.1. The predicted octanol–water partition coefficient (Wildman–Crippen LogP) is 2.65. The van der Waals surface area contributed by atoms with Crippen molar-refractivity contribution in [1.82, 2.24) is 10.6 Å². The Balaban J connectivity index is 1.72. The molecule has 1 aromatic carbocycles. The molecule has 0 aliphatic rings. The molecular formula is C15H16ClFN2O3. The van der Waals surface area contributed by atoms with Gasteiger partial charge in [-0.05, 0) is 30.7 Å². The van der Waals surface area contributed by atoms with Crippen molar-refractivity contribution in [3.8, 4) is 0 Å². The number of aliphatic hydroxyl groups is 1. The second-order valence-electron chi connectivity index (χ2n) is 4.62. The maximum absolute atomic E-state index is 13.5. The number of nitrogens with one attached hydrogen (secondary N) is 2. The number of carbonyl (C=O) groups is 1. The van der Waals surface area contributed by atoms with Crippen molar-refractivity contribution in [3.05, 3.63) is 58.8 Å². The van der Waals surface area contributed by atoms with E-state index in [1.165, 1.54) is 18.4 Å². The largest absolute Gasteiger partial charge is 0.467 e. The van der Waals surface area contributed by atoms with Crippen LogP contribution in [0.1, 0.15) is 17.4 Å². The SMILES string of the molecule is O=C(NCCc1c(F)cccc1Cl)NCC(O)c1ccco1. The third-order valence-corrected chi connectivity index (χ3v) is 3.40. The van der Waals surface area contributed by atoms with Crippen molar-refractivity contribution in [1.29, 1.82) is 0 Å². The minimum atomic E-state index is -0.915. The van der Waals surface area contributed by atoms with Gasteiger partial charge in [0.1, 0.15) is 17.7 Å². The fraction of sp³-hybridized carbons (Fsp3) is 0.267. The number of carbonyl (C=O) groups excluding carboxylic acids is 1. The van der Waals surface area contributed by atoms with Crippen molar-refractivity contribution in [2.24, 2.45) is 0 Å². The zero-order valence-corrected chi connectivity index (χ0v) is 12.4. The van der Waals surface area contributed by atoms with Crippen molar-refractivity contribution in [3.63, 3.8) is 0 Å². The molecule has 0 bridgehead atoms. The summed E-state index contributed by atoms with van der Waals surface area (Å²) in [6, 6.07) is 7.25. The number of benzene rings is 1. The molecule has 1 unspecified atom stereocenters. The van der Waals surface area contributed by atoms with Gasteiger partial charge in [-0.15, -0.1) is 0 Å². The van der Waals surface area contributed by atoms with Crippen LogP contribution in [-0.2, 0) is 6.42 Å². The van der Waals surface area contributed by atoms with E-state index in [-0.39, 0.29) is 19.5 Å². The normalized spacial score (nSPS) is 12.0.